The summed E-state index contributed by atoms with van der Waals surface area (Å²) in [7, 11) is 0. The molecule has 1 aliphatic carbocycles. The number of piperidine rings is 3. The number of hydrogen-bond acceptors (Lipinski definition) is 4. The number of likely N-dealkylation sites (tertiary alicyclic amines) is 1. The summed E-state index contributed by atoms with van der Waals surface area (Å²) < 4.78 is 2.00. The van der Waals surface area contributed by atoms with Crippen LogP contribution in [0.4, 0.5) is 0 Å². The lowest BCUT2D eigenvalue weighted by Crippen LogP contribution is -2.60. The van der Waals surface area contributed by atoms with Gasteiger partial charge in [0.1, 0.15) is 5.69 Å². The molecular weight excluding hydrogens is 392 g/mol. The molecule has 0 N–H and O–H groups in total. The maximum Gasteiger partial charge on any atom is 0.274 e. The Morgan fingerprint density at radius 2 is 2.03 bits per heavy atom. The molecule has 2 aromatic rings. The number of carbonyl (C=O) groups excluding carboxylic acids is 1. The van der Waals surface area contributed by atoms with Crippen LogP contribution < -0.4 is 0 Å². The Bertz CT molecular complexity index is 978. The molecule has 6 heteroatoms. The summed E-state index contributed by atoms with van der Waals surface area (Å²) in [6.45, 7) is 5.31. The van der Waals surface area contributed by atoms with Gasteiger partial charge in [0.05, 0.1) is 6.04 Å². The van der Waals surface area contributed by atoms with Gasteiger partial charge in [-0.3, -0.25) is 9.69 Å². The summed E-state index contributed by atoms with van der Waals surface area (Å²) in [5.74, 6) is 1.42. The minimum absolute atomic E-state index is 0.136. The van der Waals surface area contributed by atoms with Crippen LogP contribution >= 0.6 is 11.3 Å². The number of carbonyl (C=O) groups is 1. The SMILES string of the molecule is Cc1sc(-n2cccc2)nc1C(=O)N1CCCC2=C[C@@H]3C[C@@H](CN4CCCC[C@H]34)[C@@H]21. The van der Waals surface area contributed by atoms with Gasteiger partial charge in [-0.25, -0.2) is 4.98 Å². The first-order valence-electron chi connectivity index (χ1n) is 11.6. The van der Waals surface area contributed by atoms with Gasteiger partial charge >= 0.3 is 0 Å². The molecule has 3 fully saturated rings. The number of nitrogens with zero attached hydrogens (tertiary/aromatic N) is 4. The van der Waals surface area contributed by atoms with Crippen LogP contribution in [0.5, 0.6) is 0 Å². The number of amides is 1. The quantitative estimate of drug-likeness (QED) is 0.679. The standard InChI is InChI=1S/C24H30N4OS/c1-16-21(25-24(30-16)26-9-4-5-10-26)23(29)28-12-6-7-17-13-18-14-19(22(17)28)15-27-11-3-2-8-20(18)27/h4-5,9-10,13,18-20,22H,2-3,6-8,11-12,14-15H2,1H3/t18-,19+,20-,22-/m1/s1. The zero-order chi connectivity index (χ0) is 20.2. The van der Waals surface area contributed by atoms with Gasteiger partial charge in [-0.2, -0.15) is 0 Å². The van der Waals surface area contributed by atoms with Gasteiger partial charge in [-0.05, 0) is 69.5 Å². The van der Waals surface area contributed by atoms with E-state index in [1.54, 1.807) is 16.9 Å². The molecular formula is C24H30N4OS. The number of aromatic nitrogens is 2. The molecule has 5 heterocycles. The van der Waals surface area contributed by atoms with E-state index in [2.05, 4.69) is 15.9 Å². The highest BCUT2D eigenvalue weighted by molar-refractivity contribution is 7.14. The fourth-order valence-corrected chi connectivity index (χ4v) is 7.36. The van der Waals surface area contributed by atoms with Gasteiger partial charge in [0, 0.05) is 36.4 Å². The maximum absolute atomic E-state index is 13.7. The molecule has 0 radical (unpaired) electrons. The molecule has 0 spiro atoms. The Kier molecular flexibility index (Phi) is 4.61. The lowest BCUT2D eigenvalue weighted by atomic mass is 9.68. The lowest BCUT2D eigenvalue weighted by Gasteiger charge is -2.54. The molecule has 0 unspecified atom stereocenters. The number of hydrogen-bond donors (Lipinski definition) is 0. The fourth-order valence-electron chi connectivity index (χ4n) is 6.49. The van der Waals surface area contributed by atoms with Crippen LogP contribution in [-0.2, 0) is 0 Å². The molecule has 4 atom stereocenters. The second kappa shape index (κ2) is 7.34. The summed E-state index contributed by atoms with van der Waals surface area (Å²) in [6, 6.07) is 5.02. The van der Waals surface area contributed by atoms with Crippen molar-refractivity contribution in [2.24, 2.45) is 11.8 Å². The van der Waals surface area contributed by atoms with Crippen molar-refractivity contribution in [1.82, 2.24) is 19.4 Å². The van der Waals surface area contributed by atoms with E-state index in [9.17, 15) is 4.79 Å². The van der Waals surface area contributed by atoms with Crippen molar-refractivity contribution in [2.75, 3.05) is 19.6 Å². The van der Waals surface area contributed by atoms with Gasteiger partial charge in [0.25, 0.3) is 5.91 Å². The summed E-state index contributed by atoms with van der Waals surface area (Å²) in [4.78, 5) is 24.4. The molecule has 4 aliphatic rings. The van der Waals surface area contributed by atoms with Gasteiger partial charge in [-0.1, -0.05) is 18.1 Å². The summed E-state index contributed by atoms with van der Waals surface area (Å²) in [5.41, 5.74) is 2.19. The van der Waals surface area contributed by atoms with Crippen LogP contribution in [0.2, 0.25) is 0 Å². The largest absolute Gasteiger partial charge is 0.330 e. The van der Waals surface area contributed by atoms with E-state index in [-0.39, 0.29) is 11.9 Å². The van der Waals surface area contributed by atoms with Crippen LogP contribution in [0.15, 0.2) is 36.2 Å². The molecule has 3 saturated heterocycles. The number of thiazole rings is 1. The smallest absolute Gasteiger partial charge is 0.274 e. The molecule has 0 aromatic carbocycles. The summed E-state index contributed by atoms with van der Waals surface area (Å²) in [5, 5.41) is 0.881. The monoisotopic (exact) mass is 422 g/mol. The Morgan fingerprint density at radius 1 is 1.17 bits per heavy atom. The van der Waals surface area contributed by atoms with Crippen molar-refractivity contribution in [1.29, 1.82) is 0 Å². The van der Waals surface area contributed by atoms with Crippen molar-refractivity contribution in [3.8, 4) is 5.13 Å². The van der Waals surface area contributed by atoms with E-state index in [1.807, 2.05) is 36.0 Å². The predicted molar refractivity (Wildman–Crippen MR) is 119 cm³/mol. The predicted octanol–water partition coefficient (Wildman–Crippen LogP) is 4.28. The van der Waals surface area contributed by atoms with Crippen LogP contribution in [0.1, 0.15) is 53.9 Å². The van der Waals surface area contributed by atoms with E-state index < -0.39 is 0 Å². The highest BCUT2D eigenvalue weighted by Gasteiger charge is 2.47. The second-order valence-corrected chi connectivity index (χ2v) is 10.7. The zero-order valence-electron chi connectivity index (χ0n) is 17.7. The van der Waals surface area contributed by atoms with Crippen molar-refractivity contribution < 1.29 is 4.79 Å². The fraction of sp³-hybridized carbons (Fsp3) is 0.583. The molecule has 6 rings (SSSR count). The van der Waals surface area contributed by atoms with E-state index in [1.165, 1.54) is 38.6 Å². The lowest BCUT2D eigenvalue weighted by molar-refractivity contribution is 0.00131. The number of fused-ring (bicyclic) bond motifs is 6. The van der Waals surface area contributed by atoms with Crippen LogP contribution in [0, 0.1) is 18.8 Å². The van der Waals surface area contributed by atoms with Gasteiger partial charge in [0.15, 0.2) is 5.13 Å². The first kappa shape index (κ1) is 18.8. The van der Waals surface area contributed by atoms with Crippen LogP contribution in [0.25, 0.3) is 5.13 Å². The molecule has 5 nitrogen and oxygen atoms in total. The average molecular weight is 423 g/mol. The van der Waals surface area contributed by atoms with Crippen LogP contribution in [-0.4, -0.2) is 57.0 Å². The molecule has 158 valence electrons. The molecule has 1 amide bonds. The third-order valence-corrected chi connectivity index (χ3v) is 8.72. The minimum Gasteiger partial charge on any atom is -0.330 e. The zero-order valence-corrected chi connectivity index (χ0v) is 18.5. The molecule has 3 aliphatic heterocycles. The van der Waals surface area contributed by atoms with E-state index in [0.29, 0.717) is 17.5 Å². The Hall–Kier alpha value is -1.92. The highest BCUT2D eigenvalue weighted by Crippen LogP contribution is 2.45. The summed E-state index contributed by atoms with van der Waals surface area (Å²) in [6.07, 6.45) is 14.1. The number of rotatable bonds is 2. The number of aryl methyl sites for hydroxylation is 1. The first-order valence-corrected chi connectivity index (χ1v) is 12.4. The Labute approximate surface area is 182 Å². The Morgan fingerprint density at radius 3 is 2.90 bits per heavy atom. The van der Waals surface area contributed by atoms with Crippen LogP contribution in [0.3, 0.4) is 0 Å². The van der Waals surface area contributed by atoms with E-state index in [4.69, 9.17) is 4.98 Å². The van der Waals surface area contributed by atoms with Crippen molar-refractivity contribution >= 4 is 17.2 Å². The second-order valence-electron chi connectivity index (χ2n) is 9.50. The highest BCUT2D eigenvalue weighted by atomic mass is 32.1. The third-order valence-electron chi connectivity index (χ3n) is 7.73. The average Bonchev–Trinajstić information content (AvgIpc) is 3.43. The molecule has 2 bridgehead atoms. The van der Waals surface area contributed by atoms with E-state index >= 15 is 0 Å². The van der Waals surface area contributed by atoms with Gasteiger partial charge < -0.3 is 9.47 Å². The first-order chi connectivity index (χ1) is 14.7. The van der Waals surface area contributed by atoms with Gasteiger partial charge in [0.2, 0.25) is 0 Å². The third kappa shape index (κ3) is 2.99. The Balaban J connectivity index is 1.31. The minimum atomic E-state index is 0.136. The van der Waals surface area contributed by atoms with Gasteiger partial charge in [-0.15, -0.1) is 11.3 Å². The molecule has 30 heavy (non-hydrogen) atoms. The summed E-state index contributed by atoms with van der Waals surface area (Å²) >= 11 is 1.61. The van der Waals surface area contributed by atoms with Crippen molar-refractivity contribution in [2.45, 2.75) is 57.5 Å². The molecule has 0 saturated carbocycles. The normalized spacial score (nSPS) is 31.1. The van der Waals surface area contributed by atoms with Crippen molar-refractivity contribution in [3.05, 3.63) is 46.7 Å². The van der Waals surface area contributed by atoms with E-state index in [0.717, 1.165) is 35.6 Å². The van der Waals surface area contributed by atoms with Crippen molar-refractivity contribution in [3.63, 3.8) is 0 Å². The topological polar surface area (TPSA) is 41.4 Å². The maximum atomic E-state index is 13.7. The molecule has 2 aromatic heterocycles.